The maximum absolute atomic E-state index is 9.27. The SMILES string of the molecule is COc1ccc(OC)c2nc(-c3cccc(C)c3)c(CN(C)CCO)cc12. The molecular weight excluding hydrogens is 340 g/mol. The summed E-state index contributed by atoms with van der Waals surface area (Å²) in [4.78, 5) is 7.06. The smallest absolute Gasteiger partial charge is 0.145 e. The van der Waals surface area contributed by atoms with E-state index in [2.05, 4.69) is 36.1 Å². The molecule has 0 radical (unpaired) electrons. The molecule has 0 aliphatic rings. The summed E-state index contributed by atoms with van der Waals surface area (Å²) in [5.41, 5.74) is 5.02. The van der Waals surface area contributed by atoms with E-state index >= 15 is 0 Å². The molecule has 0 aliphatic carbocycles. The van der Waals surface area contributed by atoms with E-state index in [9.17, 15) is 5.11 Å². The van der Waals surface area contributed by atoms with E-state index in [1.807, 2.05) is 25.2 Å². The van der Waals surface area contributed by atoms with Crippen molar-refractivity contribution in [3.63, 3.8) is 0 Å². The number of hydrogen-bond acceptors (Lipinski definition) is 5. The first kappa shape index (κ1) is 19.1. The fourth-order valence-electron chi connectivity index (χ4n) is 3.30. The van der Waals surface area contributed by atoms with Gasteiger partial charge in [-0.1, -0.05) is 23.8 Å². The normalized spacial score (nSPS) is 11.2. The van der Waals surface area contributed by atoms with Crippen LogP contribution < -0.4 is 9.47 Å². The largest absolute Gasteiger partial charge is 0.496 e. The van der Waals surface area contributed by atoms with Gasteiger partial charge in [-0.15, -0.1) is 0 Å². The molecule has 0 bridgehead atoms. The van der Waals surface area contributed by atoms with Crippen LogP contribution >= 0.6 is 0 Å². The van der Waals surface area contributed by atoms with E-state index in [-0.39, 0.29) is 6.61 Å². The zero-order chi connectivity index (χ0) is 19.4. The Bertz CT molecular complexity index is 940. The molecule has 142 valence electrons. The molecule has 0 saturated carbocycles. The van der Waals surface area contributed by atoms with Crippen LogP contribution in [0.15, 0.2) is 42.5 Å². The summed E-state index contributed by atoms with van der Waals surface area (Å²) in [6.45, 7) is 3.47. The molecule has 0 saturated heterocycles. The van der Waals surface area contributed by atoms with Gasteiger partial charge in [-0.2, -0.15) is 0 Å². The van der Waals surface area contributed by atoms with Gasteiger partial charge in [0.1, 0.15) is 17.0 Å². The van der Waals surface area contributed by atoms with Gasteiger partial charge in [0.15, 0.2) is 0 Å². The van der Waals surface area contributed by atoms with E-state index in [1.54, 1.807) is 14.2 Å². The van der Waals surface area contributed by atoms with Crippen LogP contribution in [0.25, 0.3) is 22.2 Å². The zero-order valence-electron chi connectivity index (χ0n) is 16.3. The zero-order valence-corrected chi connectivity index (χ0v) is 16.3. The van der Waals surface area contributed by atoms with Crippen LogP contribution in [0.2, 0.25) is 0 Å². The van der Waals surface area contributed by atoms with Gasteiger partial charge in [-0.3, -0.25) is 4.90 Å². The van der Waals surface area contributed by atoms with Crippen molar-refractivity contribution >= 4 is 10.9 Å². The molecular formula is C22H26N2O3. The van der Waals surface area contributed by atoms with Gasteiger partial charge in [0, 0.05) is 24.0 Å². The first-order valence-corrected chi connectivity index (χ1v) is 8.98. The van der Waals surface area contributed by atoms with Crippen LogP contribution in [0.3, 0.4) is 0 Å². The summed E-state index contributed by atoms with van der Waals surface area (Å²) in [5, 5.41) is 10.2. The number of aliphatic hydroxyl groups is 1. The number of pyridine rings is 1. The Labute approximate surface area is 160 Å². The van der Waals surface area contributed by atoms with Crippen LogP contribution in [0, 0.1) is 6.92 Å². The average molecular weight is 366 g/mol. The minimum absolute atomic E-state index is 0.119. The molecule has 0 aliphatic heterocycles. The van der Waals surface area contributed by atoms with Gasteiger partial charge in [0.25, 0.3) is 0 Å². The number of hydrogen-bond donors (Lipinski definition) is 1. The van der Waals surface area contributed by atoms with Crippen LogP contribution in [-0.2, 0) is 6.54 Å². The lowest BCUT2D eigenvalue weighted by molar-refractivity contribution is 0.217. The number of rotatable bonds is 7. The monoisotopic (exact) mass is 366 g/mol. The highest BCUT2D eigenvalue weighted by atomic mass is 16.5. The lowest BCUT2D eigenvalue weighted by Gasteiger charge is -2.19. The summed E-state index contributed by atoms with van der Waals surface area (Å²) >= 11 is 0. The number of fused-ring (bicyclic) bond motifs is 1. The lowest BCUT2D eigenvalue weighted by atomic mass is 10.0. The van der Waals surface area contributed by atoms with E-state index in [4.69, 9.17) is 14.5 Å². The van der Waals surface area contributed by atoms with Crippen molar-refractivity contribution in [1.82, 2.24) is 9.88 Å². The van der Waals surface area contributed by atoms with Crippen molar-refractivity contribution in [1.29, 1.82) is 0 Å². The van der Waals surface area contributed by atoms with Crippen molar-refractivity contribution < 1.29 is 14.6 Å². The van der Waals surface area contributed by atoms with Gasteiger partial charge in [-0.05, 0) is 43.8 Å². The number of aromatic nitrogens is 1. The number of methoxy groups -OCH3 is 2. The van der Waals surface area contributed by atoms with E-state index < -0.39 is 0 Å². The third-order valence-electron chi connectivity index (χ3n) is 4.64. The van der Waals surface area contributed by atoms with Gasteiger partial charge < -0.3 is 14.6 Å². The summed E-state index contributed by atoms with van der Waals surface area (Å²) < 4.78 is 11.1. The Hall–Kier alpha value is -2.63. The van der Waals surface area contributed by atoms with Crippen molar-refractivity contribution in [3.8, 4) is 22.8 Å². The lowest BCUT2D eigenvalue weighted by Crippen LogP contribution is -2.22. The Morgan fingerprint density at radius 1 is 1.04 bits per heavy atom. The number of nitrogens with zero attached hydrogens (tertiary/aromatic N) is 2. The summed E-state index contributed by atoms with van der Waals surface area (Å²) in [5.74, 6) is 1.48. The molecule has 5 nitrogen and oxygen atoms in total. The second-order valence-electron chi connectivity index (χ2n) is 6.69. The van der Waals surface area contributed by atoms with Crippen LogP contribution in [0.1, 0.15) is 11.1 Å². The first-order valence-electron chi connectivity index (χ1n) is 8.98. The maximum Gasteiger partial charge on any atom is 0.145 e. The second-order valence-corrected chi connectivity index (χ2v) is 6.69. The van der Waals surface area contributed by atoms with E-state index in [0.717, 1.165) is 39.2 Å². The van der Waals surface area contributed by atoms with Crippen molar-refractivity contribution in [3.05, 3.63) is 53.6 Å². The standard InChI is InChI=1S/C22H26N2O3/c1-15-6-5-7-16(12-15)21-17(14-24(2)10-11-25)13-18-19(26-3)8-9-20(27-4)22(18)23-21/h5-9,12-13,25H,10-11,14H2,1-4H3. The first-order chi connectivity index (χ1) is 13.1. The Morgan fingerprint density at radius 3 is 2.44 bits per heavy atom. The van der Waals surface area contributed by atoms with Gasteiger partial charge in [0.2, 0.25) is 0 Å². The fourth-order valence-corrected chi connectivity index (χ4v) is 3.30. The third kappa shape index (κ3) is 4.04. The second kappa shape index (κ2) is 8.37. The van der Waals surface area contributed by atoms with Crippen LogP contribution in [-0.4, -0.2) is 49.4 Å². The molecule has 2 aromatic carbocycles. The van der Waals surface area contributed by atoms with Gasteiger partial charge in [0.05, 0.1) is 26.5 Å². The molecule has 3 aromatic rings. The van der Waals surface area contributed by atoms with Crippen LogP contribution in [0.4, 0.5) is 0 Å². The number of ether oxygens (including phenoxy) is 2. The molecule has 0 fully saturated rings. The van der Waals surface area contributed by atoms with Gasteiger partial charge in [-0.25, -0.2) is 4.98 Å². The topological polar surface area (TPSA) is 54.8 Å². The predicted molar refractivity (Wildman–Crippen MR) is 108 cm³/mol. The molecule has 1 heterocycles. The Kier molecular flexibility index (Phi) is 5.94. The van der Waals surface area contributed by atoms with Gasteiger partial charge >= 0.3 is 0 Å². The average Bonchev–Trinajstić information content (AvgIpc) is 2.66. The molecule has 0 unspecified atom stereocenters. The minimum atomic E-state index is 0.119. The summed E-state index contributed by atoms with van der Waals surface area (Å²) in [6.07, 6.45) is 0. The summed E-state index contributed by atoms with van der Waals surface area (Å²) in [7, 11) is 5.30. The van der Waals surface area contributed by atoms with E-state index in [0.29, 0.717) is 13.1 Å². The van der Waals surface area contributed by atoms with Crippen molar-refractivity contribution in [2.75, 3.05) is 34.4 Å². The predicted octanol–water partition coefficient (Wildman–Crippen LogP) is 3.65. The Balaban J connectivity index is 2.26. The number of likely N-dealkylation sites (N-methyl/N-ethyl adjacent to an activating group) is 1. The number of aliphatic hydroxyl groups excluding tert-OH is 1. The maximum atomic E-state index is 9.27. The van der Waals surface area contributed by atoms with E-state index in [1.165, 1.54) is 5.56 Å². The minimum Gasteiger partial charge on any atom is -0.496 e. The van der Waals surface area contributed by atoms with Crippen molar-refractivity contribution in [2.24, 2.45) is 0 Å². The quantitative estimate of drug-likeness (QED) is 0.692. The Morgan fingerprint density at radius 2 is 1.78 bits per heavy atom. The highest BCUT2D eigenvalue weighted by molar-refractivity contribution is 5.92. The number of aryl methyl sites for hydroxylation is 1. The molecule has 5 heteroatoms. The molecule has 27 heavy (non-hydrogen) atoms. The molecule has 0 spiro atoms. The molecule has 1 N–H and O–H groups in total. The molecule has 1 aromatic heterocycles. The highest BCUT2D eigenvalue weighted by Crippen LogP contribution is 2.36. The third-order valence-corrected chi connectivity index (χ3v) is 4.64. The van der Waals surface area contributed by atoms with Crippen LogP contribution in [0.5, 0.6) is 11.5 Å². The molecule has 0 atom stereocenters. The highest BCUT2D eigenvalue weighted by Gasteiger charge is 2.16. The molecule has 0 amide bonds. The fraction of sp³-hybridized carbons (Fsp3) is 0.318. The summed E-state index contributed by atoms with van der Waals surface area (Å²) in [6, 6.07) is 14.2. The van der Waals surface area contributed by atoms with Crippen molar-refractivity contribution in [2.45, 2.75) is 13.5 Å². The number of benzene rings is 2. The molecule has 3 rings (SSSR count).